The summed E-state index contributed by atoms with van der Waals surface area (Å²) in [6.45, 7) is 13.3. The first-order valence-electron chi connectivity index (χ1n) is 18.2. The highest BCUT2D eigenvalue weighted by Crippen LogP contribution is 2.44. The molecular weight excluding hydrogens is 646 g/mol. The molecule has 0 aromatic carbocycles. The van der Waals surface area contributed by atoms with Gasteiger partial charge in [-0.3, -0.25) is 0 Å². The maximum Gasteiger partial charge on any atom is 0.197 e. The predicted octanol–water partition coefficient (Wildman–Crippen LogP) is 6.40. The number of nitrogens with two attached hydrogens (primary N) is 4. The van der Waals surface area contributed by atoms with Crippen LogP contribution in [0.15, 0.2) is 40.8 Å². The minimum Gasteiger partial charge on any atom is -0.439 e. The third kappa shape index (κ3) is 7.06. The van der Waals surface area contributed by atoms with Crippen LogP contribution in [-0.2, 0) is 29.5 Å². The van der Waals surface area contributed by atoms with Crippen LogP contribution in [0.3, 0.4) is 0 Å². The molecule has 0 saturated carbocycles. The van der Waals surface area contributed by atoms with Crippen molar-refractivity contribution < 1.29 is 24.8 Å². The highest BCUT2D eigenvalue weighted by molar-refractivity contribution is 5.67. The fraction of sp³-hybridized carbons (Fsp3) is 0.538. The molecule has 0 aliphatic heterocycles. The van der Waals surface area contributed by atoms with Gasteiger partial charge in [0.05, 0.1) is 45.4 Å². The number of aromatic nitrogens is 3. The van der Waals surface area contributed by atoms with Gasteiger partial charge in [-0.1, -0.05) is 48.5 Å². The van der Waals surface area contributed by atoms with Gasteiger partial charge in [0, 0.05) is 18.2 Å². The second-order valence-electron chi connectivity index (χ2n) is 14.1. The van der Waals surface area contributed by atoms with Crippen molar-refractivity contribution in [1.29, 1.82) is 0 Å². The van der Waals surface area contributed by atoms with Crippen LogP contribution in [0, 0.1) is 5.92 Å². The van der Waals surface area contributed by atoms with Crippen molar-refractivity contribution in [3.05, 3.63) is 58.9 Å². The largest absolute Gasteiger partial charge is 0.439 e. The van der Waals surface area contributed by atoms with Gasteiger partial charge in [0.2, 0.25) is 0 Å². The van der Waals surface area contributed by atoms with Crippen molar-refractivity contribution >= 4 is 23.1 Å². The van der Waals surface area contributed by atoms with Gasteiger partial charge in [-0.25, -0.2) is 9.97 Å². The van der Waals surface area contributed by atoms with Crippen LogP contribution in [0.5, 0.6) is 0 Å². The molecule has 3 atom stereocenters. The number of furan rings is 1. The molecule has 4 aromatic heterocycles. The van der Waals surface area contributed by atoms with Gasteiger partial charge < -0.3 is 52.3 Å². The molecule has 12 heteroatoms. The molecule has 12 nitrogen and oxygen atoms in total. The van der Waals surface area contributed by atoms with E-state index in [4.69, 9.17) is 37.3 Å². The van der Waals surface area contributed by atoms with E-state index in [1.807, 2.05) is 61.6 Å². The van der Waals surface area contributed by atoms with Gasteiger partial charge in [0.15, 0.2) is 11.6 Å². The Morgan fingerprint density at radius 2 is 1.20 bits per heavy atom. The van der Waals surface area contributed by atoms with Crippen LogP contribution in [0.2, 0.25) is 0 Å². The second-order valence-corrected chi connectivity index (χ2v) is 14.1. The van der Waals surface area contributed by atoms with Gasteiger partial charge in [-0.05, 0) is 93.7 Å². The van der Waals surface area contributed by atoms with E-state index in [0.717, 1.165) is 0 Å². The van der Waals surface area contributed by atoms with Gasteiger partial charge in [0.1, 0.15) is 22.7 Å². The SMILES string of the molecule is CCC(O)(CC)c1cc(-c2ccc(N)c(C(O)(CC)CCC(C)C(O)(CC)c3nc(-c4cc(C(O)(CC)CC)c(N)n4C)ccc3N)n2)oc1N. The third-order valence-electron chi connectivity index (χ3n) is 11.5. The van der Waals surface area contributed by atoms with E-state index in [1.54, 1.807) is 34.9 Å². The van der Waals surface area contributed by atoms with Crippen molar-refractivity contribution in [2.24, 2.45) is 13.0 Å². The van der Waals surface area contributed by atoms with Crippen molar-refractivity contribution in [3.63, 3.8) is 0 Å². The molecule has 4 heterocycles. The Balaban J connectivity index is 1.66. The number of nitrogens with zero attached hydrogens (tertiary/aromatic N) is 3. The minimum absolute atomic E-state index is 0.117. The fourth-order valence-corrected chi connectivity index (χ4v) is 7.24. The first-order chi connectivity index (χ1) is 23.9. The number of hydrogen-bond donors (Lipinski definition) is 8. The number of hydrogen-bond acceptors (Lipinski definition) is 11. The lowest BCUT2D eigenvalue weighted by atomic mass is 9.77. The summed E-state index contributed by atoms with van der Waals surface area (Å²) in [5.74, 6) is 0.526. The van der Waals surface area contributed by atoms with E-state index < -0.39 is 28.3 Å². The van der Waals surface area contributed by atoms with E-state index in [1.165, 1.54) is 0 Å². The highest BCUT2D eigenvalue weighted by Gasteiger charge is 2.41. The lowest BCUT2D eigenvalue weighted by Crippen LogP contribution is -2.37. The summed E-state index contributed by atoms with van der Waals surface area (Å²) in [7, 11) is 1.82. The van der Waals surface area contributed by atoms with Crippen LogP contribution >= 0.6 is 0 Å². The van der Waals surface area contributed by atoms with Crippen LogP contribution in [0.25, 0.3) is 22.8 Å². The Kier molecular flexibility index (Phi) is 11.6. The smallest absolute Gasteiger partial charge is 0.197 e. The molecule has 0 spiro atoms. The quantitative estimate of drug-likeness (QED) is 0.0636. The number of nitrogen functional groups attached to an aromatic ring is 4. The summed E-state index contributed by atoms with van der Waals surface area (Å²) < 4.78 is 7.65. The summed E-state index contributed by atoms with van der Waals surface area (Å²) in [6.07, 6.45) is 3.14. The van der Waals surface area contributed by atoms with Gasteiger partial charge >= 0.3 is 0 Å². The van der Waals surface area contributed by atoms with E-state index in [0.29, 0.717) is 107 Å². The zero-order valence-corrected chi connectivity index (χ0v) is 31.5. The van der Waals surface area contributed by atoms with Crippen LogP contribution in [-0.4, -0.2) is 35.0 Å². The first kappa shape index (κ1) is 39.7. The average molecular weight is 706 g/mol. The van der Waals surface area contributed by atoms with E-state index in [9.17, 15) is 20.4 Å². The van der Waals surface area contributed by atoms with Gasteiger partial charge in [-0.15, -0.1) is 0 Å². The maximum atomic E-state index is 12.3. The van der Waals surface area contributed by atoms with E-state index in [2.05, 4.69) is 0 Å². The Morgan fingerprint density at radius 3 is 1.75 bits per heavy atom. The molecule has 12 N–H and O–H groups in total. The van der Waals surface area contributed by atoms with Crippen molar-refractivity contribution in [2.75, 3.05) is 22.9 Å². The van der Waals surface area contributed by atoms with Gasteiger partial charge in [-0.2, -0.15) is 0 Å². The van der Waals surface area contributed by atoms with Crippen LogP contribution in [0.1, 0.15) is 122 Å². The standard InChI is InChI=1S/C39H59N7O5/c1-9-36(47,10-2)24-21-30(46(8)34(24)42)28-17-15-27(41)33(44-28)39(50,14-6)23(7)19-20-38(49,13-5)32-26(40)16-18-29(45-32)31-22-25(35(43)51-31)37(48,11-3)12-4/h15-18,21-23,47-50H,9-14,19-20,40-43H2,1-8H3. The Labute approximate surface area is 301 Å². The van der Waals surface area contributed by atoms with Crippen molar-refractivity contribution in [3.8, 4) is 22.8 Å². The molecule has 0 bridgehead atoms. The molecule has 0 saturated heterocycles. The molecule has 3 unspecified atom stereocenters. The van der Waals surface area contributed by atoms with E-state index >= 15 is 0 Å². The average Bonchev–Trinajstić information content (AvgIpc) is 3.68. The molecule has 51 heavy (non-hydrogen) atoms. The molecule has 4 rings (SSSR count). The van der Waals surface area contributed by atoms with Crippen molar-refractivity contribution in [1.82, 2.24) is 14.5 Å². The third-order valence-corrected chi connectivity index (χ3v) is 11.5. The highest BCUT2D eigenvalue weighted by atomic mass is 16.4. The second kappa shape index (κ2) is 14.9. The molecule has 0 aliphatic carbocycles. The van der Waals surface area contributed by atoms with Gasteiger partial charge in [0.25, 0.3) is 0 Å². The number of aliphatic hydroxyl groups is 4. The summed E-state index contributed by atoms with van der Waals surface area (Å²) in [4.78, 5) is 9.68. The number of rotatable bonds is 16. The monoisotopic (exact) mass is 705 g/mol. The van der Waals surface area contributed by atoms with Crippen molar-refractivity contribution in [2.45, 2.75) is 122 Å². The Morgan fingerprint density at radius 1 is 0.686 bits per heavy atom. The molecule has 0 fully saturated rings. The zero-order valence-electron chi connectivity index (χ0n) is 31.5. The summed E-state index contributed by atoms with van der Waals surface area (Å²) in [5.41, 5.74) is 24.6. The minimum atomic E-state index is -1.44. The molecule has 0 radical (unpaired) electrons. The van der Waals surface area contributed by atoms with Crippen LogP contribution in [0.4, 0.5) is 23.1 Å². The first-order valence-corrected chi connectivity index (χ1v) is 18.2. The molecule has 280 valence electrons. The van der Waals surface area contributed by atoms with E-state index in [-0.39, 0.29) is 12.3 Å². The zero-order chi connectivity index (χ0) is 38.1. The number of anilines is 4. The molecule has 4 aromatic rings. The Hall–Kier alpha value is -4.10. The van der Waals surface area contributed by atoms with Crippen LogP contribution < -0.4 is 22.9 Å². The number of pyridine rings is 2. The predicted molar refractivity (Wildman–Crippen MR) is 204 cm³/mol. The lowest BCUT2D eigenvalue weighted by Gasteiger charge is -2.36. The summed E-state index contributed by atoms with van der Waals surface area (Å²) in [5, 5.41) is 46.7. The normalized spacial score (nSPS) is 15.5. The molecular formula is C39H59N7O5. The topological polar surface area (TPSA) is 229 Å². The lowest BCUT2D eigenvalue weighted by molar-refractivity contribution is -0.0448. The summed E-state index contributed by atoms with van der Waals surface area (Å²) in [6, 6.07) is 10.4. The summed E-state index contributed by atoms with van der Waals surface area (Å²) >= 11 is 0. The Bertz CT molecular complexity index is 1830. The molecule has 0 amide bonds. The maximum absolute atomic E-state index is 12.3. The molecule has 0 aliphatic rings. The fourth-order valence-electron chi connectivity index (χ4n) is 7.24.